The van der Waals surface area contributed by atoms with Gasteiger partial charge in [-0.1, -0.05) is 24.3 Å². The Balaban J connectivity index is 2.21. The molecule has 0 bridgehead atoms. The Morgan fingerprint density at radius 1 is 1.05 bits per heavy atom. The maximum absolute atomic E-state index is 10.5. The van der Waals surface area contributed by atoms with Gasteiger partial charge in [0.1, 0.15) is 5.75 Å². The second-order valence-corrected chi connectivity index (χ2v) is 4.81. The molecule has 0 amide bonds. The van der Waals surface area contributed by atoms with Gasteiger partial charge in [-0.15, -0.1) is 0 Å². The highest BCUT2D eigenvalue weighted by Crippen LogP contribution is 2.26. The SMILES string of the molecule is CC(O)(Cc1ccc(O)cc1)c1ccc(C#N)cc1. The topological polar surface area (TPSA) is 64.2 Å². The highest BCUT2D eigenvalue weighted by molar-refractivity contribution is 5.35. The molecule has 96 valence electrons. The van der Waals surface area contributed by atoms with E-state index in [0.717, 1.165) is 11.1 Å². The predicted molar refractivity (Wildman–Crippen MR) is 72.5 cm³/mol. The van der Waals surface area contributed by atoms with E-state index in [0.29, 0.717) is 12.0 Å². The minimum atomic E-state index is -1.01. The molecular formula is C16H15NO2. The van der Waals surface area contributed by atoms with E-state index in [4.69, 9.17) is 5.26 Å². The summed E-state index contributed by atoms with van der Waals surface area (Å²) < 4.78 is 0. The third-order valence-corrected chi connectivity index (χ3v) is 3.12. The predicted octanol–water partition coefficient (Wildman–Crippen LogP) is 2.71. The van der Waals surface area contributed by atoms with E-state index in [2.05, 4.69) is 6.07 Å². The molecule has 3 nitrogen and oxygen atoms in total. The molecule has 0 saturated heterocycles. The largest absolute Gasteiger partial charge is 0.508 e. The van der Waals surface area contributed by atoms with Crippen LogP contribution >= 0.6 is 0 Å². The first-order valence-electron chi connectivity index (χ1n) is 6.02. The summed E-state index contributed by atoms with van der Waals surface area (Å²) in [7, 11) is 0. The summed E-state index contributed by atoms with van der Waals surface area (Å²) in [6, 6.07) is 15.7. The molecular weight excluding hydrogens is 238 g/mol. The van der Waals surface area contributed by atoms with Crippen LogP contribution < -0.4 is 0 Å². The number of nitriles is 1. The molecule has 0 aliphatic carbocycles. The molecule has 0 radical (unpaired) electrons. The lowest BCUT2D eigenvalue weighted by Gasteiger charge is -2.24. The van der Waals surface area contributed by atoms with Crippen LogP contribution in [-0.4, -0.2) is 10.2 Å². The van der Waals surface area contributed by atoms with Gasteiger partial charge in [-0.05, 0) is 42.3 Å². The van der Waals surface area contributed by atoms with E-state index in [1.165, 1.54) is 0 Å². The second kappa shape index (κ2) is 5.13. The number of nitrogens with zero attached hydrogens (tertiary/aromatic N) is 1. The van der Waals surface area contributed by atoms with Crippen molar-refractivity contribution in [1.29, 1.82) is 5.26 Å². The normalized spacial score (nSPS) is 13.5. The van der Waals surface area contributed by atoms with Crippen molar-refractivity contribution < 1.29 is 10.2 Å². The summed E-state index contributed by atoms with van der Waals surface area (Å²) in [5, 5.41) is 28.5. The summed E-state index contributed by atoms with van der Waals surface area (Å²) in [4.78, 5) is 0. The molecule has 0 aliphatic heterocycles. The molecule has 3 heteroatoms. The summed E-state index contributed by atoms with van der Waals surface area (Å²) in [6.45, 7) is 1.74. The van der Waals surface area contributed by atoms with Gasteiger partial charge in [0.05, 0.1) is 17.2 Å². The number of benzene rings is 2. The first-order chi connectivity index (χ1) is 9.01. The molecule has 1 unspecified atom stereocenters. The number of phenols is 1. The van der Waals surface area contributed by atoms with Gasteiger partial charge in [-0.25, -0.2) is 0 Å². The summed E-state index contributed by atoms with van der Waals surface area (Å²) >= 11 is 0. The van der Waals surface area contributed by atoms with E-state index in [1.54, 1.807) is 55.5 Å². The van der Waals surface area contributed by atoms with Crippen molar-refractivity contribution >= 4 is 0 Å². The molecule has 2 aromatic carbocycles. The molecule has 0 aliphatic rings. The number of rotatable bonds is 3. The van der Waals surface area contributed by atoms with Crippen LogP contribution in [0.15, 0.2) is 48.5 Å². The monoisotopic (exact) mass is 253 g/mol. The van der Waals surface area contributed by atoms with Gasteiger partial charge in [-0.3, -0.25) is 0 Å². The summed E-state index contributed by atoms with van der Waals surface area (Å²) in [6.07, 6.45) is 0.444. The quantitative estimate of drug-likeness (QED) is 0.884. The maximum Gasteiger partial charge on any atom is 0.115 e. The zero-order chi connectivity index (χ0) is 13.9. The minimum Gasteiger partial charge on any atom is -0.508 e. The van der Waals surface area contributed by atoms with E-state index in [9.17, 15) is 10.2 Å². The van der Waals surface area contributed by atoms with Gasteiger partial charge in [0.25, 0.3) is 0 Å². The fraction of sp³-hybridized carbons (Fsp3) is 0.188. The molecule has 2 rings (SSSR count). The maximum atomic E-state index is 10.5. The Bertz CT molecular complexity index is 592. The molecule has 0 fully saturated rings. The van der Waals surface area contributed by atoms with E-state index >= 15 is 0 Å². The van der Waals surface area contributed by atoms with E-state index in [1.807, 2.05) is 0 Å². The fourth-order valence-corrected chi connectivity index (χ4v) is 2.02. The van der Waals surface area contributed by atoms with Crippen LogP contribution in [0.1, 0.15) is 23.6 Å². The third kappa shape index (κ3) is 3.12. The Morgan fingerprint density at radius 3 is 2.16 bits per heavy atom. The fourth-order valence-electron chi connectivity index (χ4n) is 2.02. The number of phenolic OH excluding ortho intramolecular Hbond substituents is 1. The standard InChI is InChI=1S/C16H15NO2/c1-16(19,10-12-4-8-15(18)9-5-12)14-6-2-13(11-17)3-7-14/h2-9,18-19H,10H2,1H3. The van der Waals surface area contributed by atoms with Crippen molar-refractivity contribution in [3.05, 3.63) is 65.2 Å². The van der Waals surface area contributed by atoms with Crippen LogP contribution in [0.25, 0.3) is 0 Å². The first kappa shape index (κ1) is 13.1. The molecule has 0 heterocycles. The Labute approximate surface area is 112 Å². The van der Waals surface area contributed by atoms with E-state index < -0.39 is 5.60 Å². The van der Waals surface area contributed by atoms with Crippen LogP contribution in [0.3, 0.4) is 0 Å². The van der Waals surface area contributed by atoms with Crippen molar-refractivity contribution in [1.82, 2.24) is 0 Å². The molecule has 19 heavy (non-hydrogen) atoms. The van der Waals surface area contributed by atoms with Gasteiger partial charge in [0, 0.05) is 6.42 Å². The average Bonchev–Trinajstić information content (AvgIpc) is 2.41. The molecule has 1 atom stereocenters. The van der Waals surface area contributed by atoms with Crippen molar-refractivity contribution in [2.45, 2.75) is 18.9 Å². The lowest BCUT2D eigenvalue weighted by molar-refractivity contribution is 0.0576. The summed E-state index contributed by atoms with van der Waals surface area (Å²) in [5.74, 6) is 0.210. The van der Waals surface area contributed by atoms with Crippen LogP contribution in [-0.2, 0) is 12.0 Å². The van der Waals surface area contributed by atoms with E-state index in [-0.39, 0.29) is 5.75 Å². The number of aromatic hydroxyl groups is 1. The van der Waals surface area contributed by atoms with Gasteiger partial charge in [0.15, 0.2) is 0 Å². The molecule has 2 N–H and O–H groups in total. The van der Waals surface area contributed by atoms with Crippen molar-refractivity contribution in [2.24, 2.45) is 0 Å². The smallest absolute Gasteiger partial charge is 0.115 e. The van der Waals surface area contributed by atoms with Crippen molar-refractivity contribution in [2.75, 3.05) is 0 Å². The van der Waals surface area contributed by atoms with Crippen LogP contribution in [0, 0.1) is 11.3 Å². The number of hydrogen-bond donors (Lipinski definition) is 2. The van der Waals surface area contributed by atoms with Crippen LogP contribution in [0.4, 0.5) is 0 Å². The highest BCUT2D eigenvalue weighted by atomic mass is 16.3. The molecule has 0 spiro atoms. The Hall–Kier alpha value is -2.31. The van der Waals surface area contributed by atoms with Gasteiger partial charge in [-0.2, -0.15) is 5.26 Å². The Kier molecular flexibility index (Phi) is 3.55. The summed E-state index contributed by atoms with van der Waals surface area (Å²) in [5.41, 5.74) is 1.27. The molecule has 0 saturated carbocycles. The zero-order valence-electron chi connectivity index (χ0n) is 10.7. The van der Waals surface area contributed by atoms with Crippen LogP contribution in [0.5, 0.6) is 5.75 Å². The lowest BCUT2D eigenvalue weighted by atomic mass is 9.88. The highest BCUT2D eigenvalue weighted by Gasteiger charge is 2.23. The molecule has 2 aromatic rings. The third-order valence-electron chi connectivity index (χ3n) is 3.12. The Morgan fingerprint density at radius 2 is 1.63 bits per heavy atom. The molecule has 0 aromatic heterocycles. The minimum absolute atomic E-state index is 0.210. The van der Waals surface area contributed by atoms with Crippen molar-refractivity contribution in [3.8, 4) is 11.8 Å². The van der Waals surface area contributed by atoms with Gasteiger partial charge >= 0.3 is 0 Å². The van der Waals surface area contributed by atoms with Crippen LogP contribution in [0.2, 0.25) is 0 Å². The number of hydrogen-bond acceptors (Lipinski definition) is 3. The van der Waals surface area contributed by atoms with Gasteiger partial charge in [0.2, 0.25) is 0 Å². The average molecular weight is 253 g/mol. The first-order valence-corrected chi connectivity index (χ1v) is 6.02. The van der Waals surface area contributed by atoms with Crippen molar-refractivity contribution in [3.63, 3.8) is 0 Å². The second-order valence-electron chi connectivity index (χ2n) is 4.81. The zero-order valence-corrected chi connectivity index (χ0v) is 10.7. The lowest BCUT2D eigenvalue weighted by Crippen LogP contribution is -2.24. The van der Waals surface area contributed by atoms with Gasteiger partial charge < -0.3 is 10.2 Å². The number of aliphatic hydroxyl groups is 1.